The number of rotatable bonds is 4. The minimum absolute atomic E-state index is 0. The number of esters is 1. The minimum Gasteiger partial charge on any atom is -0.507 e. The van der Waals surface area contributed by atoms with Gasteiger partial charge in [-0.1, -0.05) is 15.9 Å². The molecule has 0 spiro atoms. The van der Waals surface area contributed by atoms with Crippen LogP contribution in [0, 0.1) is 0 Å². The first kappa shape index (κ1) is 21.9. The lowest BCUT2D eigenvalue weighted by Gasteiger charge is -2.24. The number of phenols is 1. The van der Waals surface area contributed by atoms with Crippen LogP contribution in [0.3, 0.4) is 0 Å². The minimum atomic E-state index is -4.98. The van der Waals surface area contributed by atoms with Gasteiger partial charge in [-0.3, -0.25) is 0 Å². The SMILES string of the molecule is CCOC(=O)C(F)(F)[C@H](N)c1cc(Br)cc(C(F)(F)F)c1O.Cl. The molecule has 0 heterocycles. The maximum absolute atomic E-state index is 13.8. The van der Waals surface area contributed by atoms with Crippen molar-refractivity contribution in [3.05, 3.63) is 27.7 Å². The maximum Gasteiger partial charge on any atom is 0.420 e. The van der Waals surface area contributed by atoms with Crippen molar-refractivity contribution in [3.63, 3.8) is 0 Å². The van der Waals surface area contributed by atoms with Crippen molar-refractivity contribution >= 4 is 34.3 Å². The zero-order valence-electron chi connectivity index (χ0n) is 11.5. The first-order valence-electron chi connectivity index (χ1n) is 5.83. The number of phenolic OH excluding ortho intramolecular Hbond substituents is 1. The Bertz CT molecular complexity index is 583. The van der Waals surface area contributed by atoms with Crippen LogP contribution in [0.2, 0.25) is 0 Å². The quantitative estimate of drug-likeness (QED) is 0.565. The highest BCUT2D eigenvalue weighted by molar-refractivity contribution is 9.10. The molecule has 0 radical (unpaired) electrons. The molecule has 23 heavy (non-hydrogen) atoms. The highest BCUT2D eigenvalue weighted by Crippen LogP contribution is 2.44. The lowest BCUT2D eigenvalue weighted by atomic mass is 9.97. The molecule has 4 nitrogen and oxygen atoms in total. The summed E-state index contributed by atoms with van der Waals surface area (Å²) in [5, 5.41) is 9.59. The summed E-state index contributed by atoms with van der Waals surface area (Å²) in [6.45, 7) is 0.914. The van der Waals surface area contributed by atoms with E-state index >= 15 is 0 Å². The summed E-state index contributed by atoms with van der Waals surface area (Å²) in [5.41, 5.74) is 2.71. The average Bonchev–Trinajstić information content (AvgIpc) is 2.39. The lowest BCUT2D eigenvalue weighted by Crippen LogP contribution is -2.41. The second kappa shape index (κ2) is 7.63. The third-order valence-electron chi connectivity index (χ3n) is 2.68. The van der Waals surface area contributed by atoms with Crippen molar-refractivity contribution in [1.29, 1.82) is 0 Å². The molecule has 0 aliphatic carbocycles. The number of alkyl halides is 5. The van der Waals surface area contributed by atoms with E-state index in [0.717, 1.165) is 6.07 Å². The smallest absolute Gasteiger partial charge is 0.420 e. The molecular weight excluding hydrogens is 416 g/mol. The van der Waals surface area contributed by atoms with Crippen molar-refractivity contribution in [1.82, 2.24) is 0 Å². The molecule has 1 aromatic rings. The van der Waals surface area contributed by atoms with Crippen molar-refractivity contribution < 1.29 is 36.6 Å². The molecule has 0 bridgehead atoms. The van der Waals surface area contributed by atoms with E-state index in [9.17, 15) is 31.9 Å². The Morgan fingerprint density at radius 1 is 1.35 bits per heavy atom. The van der Waals surface area contributed by atoms with Gasteiger partial charge in [0.15, 0.2) is 0 Å². The second-order valence-corrected chi connectivity index (χ2v) is 5.13. The zero-order chi connectivity index (χ0) is 17.3. The molecule has 1 aromatic carbocycles. The summed E-state index contributed by atoms with van der Waals surface area (Å²) in [4.78, 5) is 11.2. The molecule has 0 saturated carbocycles. The molecule has 0 fully saturated rings. The standard InChI is InChI=1S/C12H11BrF5NO3.ClH/c1-2-22-10(21)11(14,15)9(19)6-3-5(13)4-7(8(6)20)12(16,17)18;/h3-4,9,20H,2,19H2,1H3;1H/t9-;/m1./s1. The number of carbonyl (C=O) groups is 1. The third-order valence-corrected chi connectivity index (χ3v) is 3.14. The number of hydrogen-bond donors (Lipinski definition) is 2. The Labute approximate surface area is 142 Å². The Balaban J connectivity index is 0.00000484. The Morgan fingerprint density at radius 3 is 2.30 bits per heavy atom. The summed E-state index contributed by atoms with van der Waals surface area (Å²) in [5.74, 6) is -7.76. The largest absolute Gasteiger partial charge is 0.507 e. The first-order valence-corrected chi connectivity index (χ1v) is 6.62. The van der Waals surface area contributed by atoms with Crippen LogP contribution < -0.4 is 5.73 Å². The monoisotopic (exact) mass is 427 g/mol. The number of carbonyl (C=O) groups excluding carboxylic acids is 1. The van der Waals surface area contributed by atoms with Crippen molar-refractivity contribution in [2.24, 2.45) is 5.73 Å². The summed E-state index contributed by atoms with van der Waals surface area (Å²) in [7, 11) is 0. The molecule has 0 saturated heterocycles. The van der Waals surface area contributed by atoms with Crippen LogP contribution >= 0.6 is 28.3 Å². The average molecular weight is 429 g/mol. The topological polar surface area (TPSA) is 72.5 Å². The van der Waals surface area contributed by atoms with E-state index in [1.54, 1.807) is 0 Å². The number of aromatic hydroxyl groups is 1. The molecule has 3 N–H and O–H groups in total. The van der Waals surface area contributed by atoms with Gasteiger partial charge in [0, 0.05) is 10.0 Å². The summed E-state index contributed by atoms with van der Waals surface area (Å²) >= 11 is 2.71. The summed E-state index contributed by atoms with van der Waals surface area (Å²) in [6, 6.07) is -1.22. The first-order chi connectivity index (χ1) is 9.92. The van der Waals surface area contributed by atoms with Gasteiger partial charge in [-0.25, -0.2) is 4.79 Å². The van der Waals surface area contributed by atoms with Crippen LogP contribution in [-0.4, -0.2) is 23.6 Å². The van der Waals surface area contributed by atoms with Crippen LogP contribution in [0.4, 0.5) is 22.0 Å². The van der Waals surface area contributed by atoms with Crippen LogP contribution in [0.25, 0.3) is 0 Å². The van der Waals surface area contributed by atoms with Gasteiger partial charge in [0.1, 0.15) is 11.8 Å². The fourth-order valence-corrected chi connectivity index (χ4v) is 2.10. The molecule has 0 unspecified atom stereocenters. The number of nitrogens with two attached hydrogens (primary N) is 1. The van der Waals surface area contributed by atoms with Gasteiger partial charge >= 0.3 is 18.1 Å². The maximum atomic E-state index is 13.8. The molecule has 1 rings (SSSR count). The van der Waals surface area contributed by atoms with Crippen LogP contribution in [0.1, 0.15) is 24.1 Å². The molecular formula is C12H12BrClF5NO3. The predicted molar refractivity (Wildman–Crippen MR) is 76.6 cm³/mol. The number of halogens is 7. The highest BCUT2D eigenvalue weighted by Gasteiger charge is 2.49. The fourth-order valence-electron chi connectivity index (χ4n) is 1.62. The van der Waals surface area contributed by atoms with Gasteiger partial charge in [0.2, 0.25) is 0 Å². The Hall–Kier alpha value is -1.13. The van der Waals surface area contributed by atoms with E-state index in [4.69, 9.17) is 5.73 Å². The van der Waals surface area contributed by atoms with Crippen molar-refractivity contribution in [2.75, 3.05) is 6.61 Å². The molecule has 1 atom stereocenters. The van der Waals surface area contributed by atoms with Crippen LogP contribution in [0.15, 0.2) is 16.6 Å². The summed E-state index contributed by atoms with van der Waals surface area (Å²) < 4.78 is 69.8. The van der Waals surface area contributed by atoms with E-state index in [1.807, 2.05) is 0 Å². The number of benzene rings is 1. The lowest BCUT2D eigenvalue weighted by molar-refractivity contribution is -0.174. The third kappa shape index (κ3) is 4.67. The fraction of sp³-hybridized carbons (Fsp3) is 0.417. The van der Waals surface area contributed by atoms with Gasteiger partial charge < -0.3 is 15.6 Å². The van der Waals surface area contributed by atoms with Gasteiger partial charge in [-0.05, 0) is 19.1 Å². The molecule has 0 aromatic heterocycles. The molecule has 0 amide bonds. The second-order valence-electron chi connectivity index (χ2n) is 4.21. The van der Waals surface area contributed by atoms with Gasteiger partial charge in [-0.2, -0.15) is 22.0 Å². The highest BCUT2D eigenvalue weighted by atomic mass is 79.9. The van der Waals surface area contributed by atoms with Crippen molar-refractivity contribution in [3.8, 4) is 5.75 Å². The van der Waals surface area contributed by atoms with E-state index in [2.05, 4.69) is 20.7 Å². The van der Waals surface area contributed by atoms with Gasteiger partial charge in [0.05, 0.1) is 12.2 Å². The van der Waals surface area contributed by atoms with Gasteiger partial charge in [-0.15, -0.1) is 12.4 Å². The van der Waals surface area contributed by atoms with Crippen LogP contribution in [0.5, 0.6) is 5.75 Å². The number of ether oxygens (including phenoxy) is 1. The van der Waals surface area contributed by atoms with Crippen LogP contribution in [-0.2, 0) is 15.7 Å². The molecule has 0 aliphatic heterocycles. The molecule has 132 valence electrons. The zero-order valence-corrected chi connectivity index (χ0v) is 13.9. The number of hydrogen-bond acceptors (Lipinski definition) is 4. The van der Waals surface area contributed by atoms with E-state index in [1.165, 1.54) is 6.92 Å². The van der Waals surface area contributed by atoms with Gasteiger partial charge in [0.25, 0.3) is 0 Å². The Kier molecular flexibility index (Phi) is 7.25. The normalized spacial score (nSPS) is 13.2. The Morgan fingerprint density at radius 2 is 1.87 bits per heavy atom. The van der Waals surface area contributed by atoms with E-state index < -0.39 is 41.0 Å². The van der Waals surface area contributed by atoms with E-state index in [0.29, 0.717) is 6.07 Å². The summed E-state index contributed by atoms with van der Waals surface area (Å²) in [6.07, 6.45) is -4.98. The molecule has 11 heteroatoms. The van der Waals surface area contributed by atoms with Crippen molar-refractivity contribution in [2.45, 2.75) is 25.1 Å². The molecule has 0 aliphatic rings. The predicted octanol–water partition coefficient (Wildman–Crippen LogP) is 3.79. The van der Waals surface area contributed by atoms with E-state index in [-0.39, 0.29) is 23.5 Å².